The first kappa shape index (κ1) is 15.4. The fraction of sp³-hybridized carbons (Fsp3) is 0.368. The van der Waals surface area contributed by atoms with Crippen LogP contribution >= 0.6 is 11.6 Å². The normalized spacial score (nSPS) is 16.2. The van der Waals surface area contributed by atoms with E-state index in [1.54, 1.807) is 0 Å². The zero-order chi connectivity index (χ0) is 15.2. The molecule has 1 saturated heterocycles. The van der Waals surface area contributed by atoms with Gasteiger partial charge in [-0.25, -0.2) is 0 Å². The monoisotopic (exact) mass is 315 g/mol. The van der Waals surface area contributed by atoms with Gasteiger partial charge in [0.05, 0.1) is 0 Å². The van der Waals surface area contributed by atoms with Crippen molar-refractivity contribution in [1.29, 1.82) is 0 Å². The van der Waals surface area contributed by atoms with Crippen LogP contribution in [0.15, 0.2) is 48.5 Å². The molecule has 3 heteroatoms. The van der Waals surface area contributed by atoms with Gasteiger partial charge in [0.15, 0.2) is 0 Å². The lowest BCUT2D eigenvalue weighted by Gasteiger charge is -2.20. The van der Waals surface area contributed by atoms with E-state index in [9.17, 15) is 0 Å². The van der Waals surface area contributed by atoms with Gasteiger partial charge in [-0.05, 0) is 67.9 Å². The van der Waals surface area contributed by atoms with Crippen molar-refractivity contribution >= 4 is 11.6 Å². The molecular formula is C19H22ClNO. The number of benzene rings is 2. The van der Waals surface area contributed by atoms with E-state index in [-0.39, 0.29) is 0 Å². The number of nitrogens with zero attached hydrogens (tertiary/aromatic N) is 1. The van der Waals surface area contributed by atoms with Crippen LogP contribution in [0, 0.1) is 0 Å². The lowest BCUT2D eigenvalue weighted by Crippen LogP contribution is -2.23. The number of hydrogen-bond donors (Lipinski definition) is 0. The smallest absolute Gasteiger partial charge is 0.127 e. The Morgan fingerprint density at radius 3 is 2.32 bits per heavy atom. The predicted molar refractivity (Wildman–Crippen MR) is 91.7 cm³/mol. The Bertz CT molecular complexity index is 589. The molecule has 1 fully saturated rings. The van der Waals surface area contributed by atoms with Gasteiger partial charge >= 0.3 is 0 Å². The second-order valence-corrected chi connectivity index (χ2v) is 6.33. The first-order valence-electron chi connectivity index (χ1n) is 8.04. The summed E-state index contributed by atoms with van der Waals surface area (Å²) in [4.78, 5) is 2.55. The van der Waals surface area contributed by atoms with Gasteiger partial charge in [-0.2, -0.15) is 0 Å². The van der Waals surface area contributed by atoms with E-state index in [0.717, 1.165) is 23.1 Å². The van der Waals surface area contributed by atoms with Crippen LogP contribution in [0.1, 0.15) is 31.2 Å². The second-order valence-electron chi connectivity index (χ2n) is 5.89. The minimum atomic E-state index is 0.724. The standard InChI is InChI=1S/C19H22ClNO/c20-17-8-10-18(11-9-17)22-19-7-5-6-16(14-19)15-21-12-3-1-2-4-13-21/h5-11,14H,1-4,12-13,15H2. The summed E-state index contributed by atoms with van der Waals surface area (Å²) >= 11 is 5.90. The summed E-state index contributed by atoms with van der Waals surface area (Å²) in [6.45, 7) is 3.43. The molecule has 0 atom stereocenters. The molecule has 0 bridgehead atoms. The van der Waals surface area contributed by atoms with E-state index in [1.807, 2.05) is 30.3 Å². The minimum absolute atomic E-state index is 0.724. The van der Waals surface area contributed by atoms with Crippen molar-refractivity contribution in [2.24, 2.45) is 0 Å². The third-order valence-corrected chi connectivity index (χ3v) is 4.30. The number of halogens is 1. The van der Waals surface area contributed by atoms with Gasteiger partial charge in [0.2, 0.25) is 0 Å². The average molecular weight is 316 g/mol. The van der Waals surface area contributed by atoms with Crippen molar-refractivity contribution in [3.8, 4) is 11.5 Å². The summed E-state index contributed by atoms with van der Waals surface area (Å²) in [5.74, 6) is 1.70. The van der Waals surface area contributed by atoms with Gasteiger partial charge in [0.1, 0.15) is 11.5 Å². The Hall–Kier alpha value is -1.51. The maximum Gasteiger partial charge on any atom is 0.127 e. The van der Waals surface area contributed by atoms with Gasteiger partial charge in [-0.3, -0.25) is 4.90 Å². The summed E-state index contributed by atoms with van der Waals surface area (Å²) in [5.41, 5.74) is 1.31. The van der Waals surface area contributed by atoms with Crippen molar-refractivity contribution in [2.45, 2.75) is 32.2 Å². The lowest BCUT2D eigenvalue weighted by atomic mass is 10.2. The van der Waals surface area contributed by atoms with E-state index >= 15 is 0 Å². The lowest BCUT2D eigenvalue weighted by molar-refractivity contribution is 0.276. The molecule has 2 aromatic carbocycles. The molecule has 0 radical (unpaired) electrons. The van der Waals surface area contributed by atoms with Crippen molar-refractivity contribution in [3.05, 3.63) is 59.1 Å². The van der Waals surface area contributed by atoms with Crippen LogP contribution in [-0.4, -0.2) is 18.0 Å². The highest BCUT2D eigenvalue weighted by molar-refractivity contribution is 6.30. The highest BCUT2D eigenvalue weighted by atomic mass is 35.5. The third-order valence-electron chi connectivity index (χ3n) is 4.05. The van der Waals surface area contributed by atoms with Crippen molar-refractivity contribution in [3.63, 3.8) is 0 Å². The summed E-state index contributed by atoms with van der Waals surface area (Å²) in [6.07, 6.45) is 5.38. The maximum atomic E-state index is 5.91. The number of ether oxygens (including phenoxy) is 1. The topological polar surface area (TPSA) is 12.5 Å². The highest BCUT2D eigenvalue weighted by Crippen LogP contribution is 2.24. The molecule has 116 valence electrons. The van der Waals surface area contributed by atoms with Crippen molar-refractivity contribution in [2.75, 3.05) is 13.1 Å². The van der Waals surface area contributed by atoms with Crippen LogP contribution in [0.3, 0.4) is 0 Å². The number of hydrogen-bond acceptors (Lipinski definition) is 2. The molecule has 0 spiro atoms. The molecule has 1 aliphatic heterocycles. The molecule has 0 aliphatic carbocycles. The maximum absolute atomic E-state index is 5.91. The van der Waals surface area contributed by atoms with E-state index < -0.39 is 0 Å². The highest BCUT2D eigenvalue weighted by Gasteiger charge is 2.10. The van der Waals surface area contributed by atoms with Gasteiger partial charge in [0, 0.05) is 11.6 Å². The molecule has 22 heavy (non-hydrogen) atoms. The zero-order valence-electron chi connectivity index (χ0n) is 12.8. The average Bonchev–Trinajstić information content (AvgIpc) is 2.79. The SMILES string of the molecule is Clc1ccc(Oc2cccc(CN3CCCCCC3)c2)cc1. The molecule has 0 saturated carbocycles. The Labute approximate surface area is 137 Å². The molecule has 0 N–H and O–H groups in total. The Balaban J connectivity index is 1.65. The fourth-order valence-electron chi connectivity index (χ4n) is 2.90. The van der Waals surface area contributed by atoms with Gasteiger partial charge < -0.3 is 4.74 Å². The van der Waals surface area contributed by atoms with E-state index in [1.165, 1.54) is 44.3 Å². The quantitative estimate of drug-likeness (QED) is 0.737. The summed E-state index contributed by atoms with van der Waals surface area (Å²) in [7, 11) is 0. The van der Waals surface area contributed by atoms with Crippen LogP contribution in [-0.2, 0) is 6.54 Å². The molecule has 0 unspecified atom stereocenters. The first-order chi connectivity index (χ1) is 10.8. The van der Waals surface area contributed by atoms with Gasteiger partial charge in [-0.15, -0.1) is 0 Å². The van der Waals surface area contributed by atoms with Crippen molar-refractivity contribution in [1.82, 2.24) is 4.90 Å². The van der Waals surface area contributed by atoms with Crippen LogP contribution in [0.4, 0.5) is 0 Å². The van der Waals surface area contributed by atoms with E-state index in [4.69, 9.17) is 16.3 Å². The van der Waals surface area contributed by atoms with Gasteiger partial charge in [0.25, 0.3) is 0 Å². The van der Waals surface area contributed by atoms with Gasteiger partial charge in [-0.1, -0.05) is 36.6 Å². The van der Waals surface area contributed by atoms with Crippen LogP contribution in [0.2, 0.25) is 5.02 Å². The Kier molecular flexibility index (Phi) is 5.36. The number of rotatable bonds is 4. The fourth-order valence-corrected chi connectivity index (χ4v) is 3.02. The number of likely N-dealkylation sites (tertiary alicyclic amines) is 1. The molecule has 3 rings (SSSR count). The molecule has 1 heterocycles. The van der Waals surface area contributed by atoms with E-state index in [2.05, 4.69) is 23.1 Å². The largest absolute Gasteiger partial charge is 0.457 e. The summed E-state index contributed by atoms with van der Waals surface area (Å²) in [6, 6.07) is 15.9. The molecule has 2 aromatic rings. The molecule has 2 nitrogen and oxygen atoms in total. The Morgan fingerprint density at radius 1 is 0.864 bits per heavy atom. The predicted octanol–water partition coefficient (Wildman–Crippen LogP) is 5.51. The Morgan fingerprint density at radius 2 is 1.59 bits per heavy atom. The first-order valence-corrected chi connectivity index (χ1v) is 8.42. The minimum Gasteiger partial charge on any atom is -0.457 e. The molecule has 0 aromatic heterocycles. The summed E-state index contributed by atoms with van der Waals surface area (Å²) < 4.78 is 5.91. The molecule has 1 aliphatic rings. The van der Waals surface area contributed by atoms with Crippen LogP contribution in [0.5, 0.6) is 11.5 Å². The summed E-state index contributed by atoms with van der Waals surface area (Å²) in [5, 5.41) is 0.724. The third kappa shape index (κ3) is 4.49. The van der Waals surface area contributed by atoms with E-state index in [0.29, 0.717) is 0 Å². The second kappa shape index (κ2) is 7.66. The molecular weight excluding hydrogens is 294 g/mol. The zero-order valence-corrected chi connectivity index (χ0v) is 13.6. The molecule has 0 amide bonds. The van der Waals surface area contributed by atoms with Crippen molar-refractivity contribution < 1.29 is 4.74 Å². The van der Waals surface area contributed by atoms with Crippen LogP contribution < -0.4 is 4.74 Å². The van der Waals surface area contributed by atoms with Crippen LogP contribution in [0.25, 0.3) is 0 Å².